The Morgan fingerprint density at radius 2 is 2.19 bits per heavy atom. The highest BCUT2D eigenvalue weighted by molar-refractivity contribution is 6.08. The minimum Gasteiger partial charge on any atom is -0.376 e. The number of para-hydroxylation sites is 1. The summed E-state index contributed by atoms with van der Waals surface area (Å²) in [6.45, 7) is 3.22. The lowest BCUT2D eigenvalue weighted by Gasteiger charge is -2.20. The fourth-order valence-electron chi connectivity index (χ4n) is 3.93. The topological polar surface area (TPSA) is 78.2 Å². The molecule has 1 aliphatic heterocycles. The van der Waals surface area contributed by atoms with Crippen molar-refractivity contribution >= 4 is 27.7 Å². The number of nitrogens with zero attached hydrogens (tertiary/aromatic N) is 3. The molecule has 0 radical (unpaired) electrons. The Morgan fingerprint density at radius 1 is 1.37 bits per heavy atom. The van der Waals surface area contributed by atoms with Crippen LogP contribution >= 0.6 is 0 Å². The monoisotopic (exact) mass is 368 g/mol. The summed E-state index contributed by atoms with van der Waals surface area (Å²) in [5, 5.41) is 8.89. The third-order valence-electron chi connectivity index (χ3n) is 5.34. The fourth-order valence-corrected chi connectivity index (χ4v) is 3.93. The van der Waals surface area contributed by atoms with Gasteiger partial charge in [-0.1, -0.05) is 25.1 Å². The van der Waals surface area contributed by atoms with E-state index in [9.17, 15) is 9.59 Å². The third kappa shape index (κ3) is 3.02. The summed E-state index contributed by atoms with van der Waals surface area (Å²) in [6, 6.07) is 7.30. The van der Waals surface area contributed by atoms with Gasteiger partial charge in [0.05, 0.1) is 17.8 Å². The number of hydrogen-bond acceptors (Lipinski definition) is 4. The average Bonchev–Trinajstić information content (AvgIpc) is 3.31. The van der Waals surface area contributed by atoms with Crippen molar-refractivity contribution in [3.05, 3.63) is 40.8 Å². The van der Waals surface area contributed by atoms with Gasteiger partial charge < -0.3 is 14.6 Å². The van der Waals surface area contributed by atoms with E-state index in [1.807, 2.05) is 35.8 Å². The molecule has 3 heterocycles. The van der Waals surface area contributed by atoms with Gasteiger partial charge in [0, 0.05) is 31.0 Å². The van der Waals surface area contributed by atoms with Crippen LogP contribution in [0.25, 0.3) is 21.8 Å². The van der Waals surface area contributed by atoms with E-state index in [4.69, 9.17) is 4.74 Å². The molecule has 0 bridgehead atoms. The van der Waals surface area contributed by atoms with Crippen molar-refractivity contribution in [2.24, 2.45) is 7.05 Å². The summed E-state index contributed by atoms with van der Waals surface area (Å²) in [5.74, 6) is -0.0884. The van der Waals surface area contributed by atoms with Crippen molar-refractivity contribution in [3.8, 4) is 0 Å². The van der Waals surface area contributed by atoms with Crippen LogP contribution in [0, 0.1) is 0 Å². The summed E-state index contributed by atoms with van der Waals surface area (Å²) in [7, 11) is 1.63. The highest BCUT2D eigenvalue weighted by Gasteiger charge is 2.26. The molecule has 4 rings (SSSR count). The van der Waals surface area contributed by atoms with Crippen LogP contribution < -0.4 is 10.9 Å². The van der Waals surface area contributed by atoms with Crippen molar-refractivity contribution in [2.75, 3.05) is 13.2 Å². The third-order valence-corrected chi connectivity index (χ3v) is 5.34. The maximum atomic E-state index is 13.0. The molecule has 2 atom stereocenters. The largest absolute Gasteiger partial charge is 0.376 e. The van der Waals surface area contributed by atoms with E-state index in [2.05, 4.69) is 10.4 Å². The number of hydrogen-bond donors (Lipinski definition) is 1. The minimum atomic E-state index is -0.469. The van der Waals surface area contributed by atoms with E-state index in [1.165, 1.54) is 4.68 Å². The number of ether oxygens (including phenoxy) is 1. The standard InChI is InChI=1S/C20H24N4O3/c1-3-16(19(25)21-11-13-7-6-10-27-13)24-17-9-5-4-8-14(17)15-12-22-23(2)20(26)18(15)24/h4-5,8-9,12-13,16H,3,6-7,10-11H2,1-2H3,(H,21,25)/t13-,16+/m1/s1. The number of aryl methyl sites for hydroxylation is 1. The number of nitrogens with one attached hydrogen (secondary N) is 1. The summed E-state index contributed by atoms with van der Waals surface area (Å²) < 4.78 is 8.79. The molecular weight excluding hydrogens is 344 g/mol. The first-order valence-corrected chi connectivity index (χ1v) is 9.46. The van der Waals surface area contributed by atoms with Gasteiger partial charge in [-0.15, -0.1) is 0 Å². The van der Waals surface area contributed by atoms with Crippen molar-refractivity contribution in [1.29, 1.82) is 0 Å². The molecular formula is C20H24N4O3. The Labute approximate surface area is 156 Å². The number of carbonyl (C=O) groups excluding carboxylic acids is 1. The maximum Gasteiger partial charge on any atom is 0.291 e. The molecule has 3 aromatic rings. The van der Waals surface area contributed by atoms with E-state index in [1.54, 1.807) is 13.2 Å². The van der Waals surface area contributed by atoms with Crippen molar-refractivity contribution in [2.45, 2.75) is 38.3 Å². The Hall–Kier alpha value is -2.67. The molecule has 1 aliphatic rings. The second kappa shape index (κ2) is 7.15. The highest BCUT2D eigenvalue weighted by Crippen LogP contribution is 2.30. The predicted molar refractivity (Wildman–Crippen MR) is 104 cm³/mol. The maximum absolute atomic E-state index is 13.0. The Balaban J connectivity index is 1.80. The number of amides is 1. The SMILES string of the molecule is CC[C@@H](C(=O)NC[C@H]1CCCO1)n1c2ccccc2c2cnn(C)c(=O)c21. The van der Waals surface area contributed by atoms with Crippen molar-refractivity contribution in [1.82, 2.24) is 19.7 Å². The van der Waals surface area contributed by atoms with E-state index >= 15 is 0 Å². The minimum absolute atomic E-state index is 0.0849. The summed E-state index contributed by atoms with van der Waals surface area (Å²) >= 11 is 0. The Bertz CT molecular complexity index is 1050. The molecule has 2 aromatic heterocycles. The highest BCUT2D eigenvalue weighted by atomic mass is 16.5. The number of fused-ring (bicyclic) bond motifs is 3. The van der Waals surface area contributed by atoms with E-state index < -0.39 is 6.04 Å². The van der Waals surface area contributed by atoms with Gasteiger partial charge in [-0.25, -0.2) is 4.68 Å². The molecule has 1 aromatic carbocycles. The van der Waals surface area contributed by atoms with Crippen LogP contribution in [-0.4, -0.2) is 39.5 Å². The predicted octanol–water partition coefficient (Wildman–Crippen LogP) is 2.13. The first-order chi connectivity index (χ1) is 13.1. The summed E-state index contributed by atoms with van der Waals surface area (Å²) in [5.41, 5.74) is 1.19. The van der Waals surface area contributed by atoms with Crippen LogP contribution in [0.5, 0.6) is 0 Å². The van der Waals surface area contributed by atoms with Gasteiger partial charge in [0.25, 0.3) is 5.56 Å². The van der Waals surface area contributed by atoms with Gasteiger partial charge in [0.1, 0.15) is 11.6 Å². The molecule has 142 valence electrons. The van der Waals surface area contributed by atoms with Gasteiger partial charge in [-0.05, 0) is 25.3 Å². The average molecular weight is 368 g/mol. The van der Waals surface area contributed by atoms with Crippen LogP contribution in [0.15, 0.2) is 35.3 Å². The number of rotatable bonds is 5. The molecule has 0 spiro atoms. The van der Waals surface area contributed by atoms with Crippen molar-refractivity contribution < 1.29 is 9.53 Å². The van der Waals surface area contributed by atoms with E-state index in [-0.39, 0.29) is 17.6 Å². The molecule has 7 nitrogen and oxygen atoms in total. The van der Waals surface area contributed by atoms with E-state index in [0.29, 0.717) is 18.5 Å². The Kier molecular flexibility index (Phi) is 4.70. The van der Waals surface area contributed by atoms with Gasteiger partial charge in [0.2, 0.25) is 5.91 Å². The summed E-state index contributed by atoms with van der Waals surface area (Å²) in [6.07, 6.45) is 4.37. The molecule has 27 heavy (non-hydrogen) atoms. The van der Waals surface area contributed by atoms with Crippen LogP contribution in [0.4, 0.5) is 0 Å². The quantitative estimate of drug-likeness (QED) is 0.748. The lowest BCUT2D eigenvalue weighted by atomic mass is 10.1. The summed E-state index contributed by atoms with van der Waals surface area (Å²) in [4.78, 5) is 25.9. The van der Waals surface area contributed by atoms with Crippen molar-refractivity contribution in [3.63, 3.8) is 0 Å². The number of benzene rings is 1. The zero-order valence-electron chi connectivity index (χ0n) is 15.6. The molecule has 0 saturated carbocycles. The molecule has 1 fully saturated rings. The smallest absolute Gasteiger partial charge is 0.291 e. The molecule has 1 saturated heterocycles. The number of carbonyl (C=O) groups is 1. The zero-order valence-corrected chi connectivity index (χ0v) is 15.6. The van der Waals surface area contributed by atoms with E-state index in [0.717, 1.165) is 35.7 Å². The van der Waals surface area contributed by atoms with Crippen LogP contribution in [-0.2, 0) is 16.6 Å². The van der Waals surface area contributed by atoms with Gasteiger partial charge in [-0.2, -0.15) is 5.10 Å². The van der Waals surface area contributed by atoms with Crippen LogP contribution in [0.1, 0.15) is 32.2 Å². The first-order valence-electron chi connectivity index (χ1n) is 9.46. The lowest BCUT2D eigenvalue weighted by Crippen LogP contribution is -2.37. The lowest BCUT2D eigenvalue weighted by molar-refractivity contribution is -0.124. The molecule has 0 aliphatic carbocycles. The second-order valence-electron chi connectivity index (χ2n) is 7.03. The molecule has 7 heteroatoms. The van der Waals surface area contributed by atoms with Gasteiger partial charge >= 0.3 is 0 Å². The molecule has 0 unspecified atom stereocenters. The number of aromatic nitrogens is 3. The van der Waals surface area contributed by atoms with Crippen LogP contribution in [0.2, 0.25) is 0 Å². The Morgan fingerprint density at radius 3 is 2.93 bits per heavy atom. The second-order valence-corrected chi connectivity index (χ2v) is 7.03. The van der Waals surface area contributed by atoms with Gasteiger partial charge in [0.15, 0.2) is 0 Å². The fraction of sp³-hybridized carbons (Fsp3) is 0.450. The normalized spacial score (nSPS) is 18.2. The first kappa shape index (κ1) is 17.7. The van der Waals surface area contributed by atoms with Crippen LogP contribution in [0.3, 0.4) is 0 Å². The van der Waals surface area contributed by atoms with Gasteiger partial charge in [-0.3, -0.25) is 9.59 Å². The molecule has 1 amide bonds. The zero-order chi connectivity index (χ0) is 19.0. The molecule has 1 N–H and O–H groups in total.